The fraction of sp³-hybridized carbons (Fsp3) is 0.0909. The van der Waals surface area contributed by atoms with Crippen molar-refractivity contribution < 1.29 is 19.4 Å². The van der Waals surface area contributed by atoms with E-state index in [-0.39, 0.29) is 23.1 Å². The normalized spacial score (nSPS) is 10.2. The summed E-state index contributed by atoms with van der Waals surface area (Å²) in [6.07, 6.45) is 1.40. The molecule has 2 aromatic rings. The van der Waals surface area contributed by atoms with Gasteiger partial charge in [-0.1, -0.05) is 0 Å². The van der Waals surface area contributed by atoms with Gasteiger partial charge in [0.15, 0.2) is 0 Å². The van der Waals surface area contributed by atoms with E-state index in [4.69, 9.17) is 4.42 Å². The van der Waals surface area contributed by atoms with Crippen molar-refractivity contribution in [3.63, 3.8) is 0 Å². The summed E-state index contributed by atoms with van der Waals surface area (Å²) in [5.74, 6) is -0.921. The fourth-order valence-corrected chi connectivity index (χ4v) is 1.31. The van der Waals surface area contributed by atoms with Crippen LogP contribution in [-0.2, 0) is 0 Å². The molecule has 0 saturated carbocycles. The Morgan fingerprint density at radius 3 is 2.47 bits per heavy atom. The molecule has 0 aliphatic rings. The number of aromatic nitrogens is 1. The van der Waals surface area contributed by atoms with E-state index in [0.717, 1.165) is 6.07 Å². The number of nitrogens with zero attached hydrogens (tertiary/aromatic N) is 1. The number of aromatic hydroxyl groups is 2. The molecule has 0 bridgehead atoms. The number of phenols is 2. The Morgan fingerprint density at radius 1 is 1.29 bits per heavy atom. The van der Waals surface area contributed by atoms with E-state index in [1.165, 1.54) is 18.4 Å². The van der Waals surface area contributed by atoms with Gasteiger partial charge in [0.1, 0.15) is 17.8 Å². The zero-order chi connectivity index (χ0) is 12.4. The monoisotopic (exact) mass is 234 g/mol. The molecule has 6 nitrogen and oxygen atoms in total. The second kappa shape index (κ2) is 4.17. The maximum absolute atomic E-state index is 11.7. The molecule has 1 amide bonds. The minimum absolute atomic E-state index is 0.0651. The second-order valence-electron chi connectivity index (χ2n) is 3.49. The van der Waals surface area contributed by atoms with Crippen molar-refractivity contribution in [2.24, 2.45) is 0 Å². The summed E-state index contributed by atoms with van der Waals surface area (Å²) in [7, 11) is 0. The summed E-state index contributed by atoms with van der Waals surface area (Å²) in [5, 5.41) is 20.9. The number of phenolic OH excluding ortho intramolecular Hbond substituents is 2. The lowest BCUT2D eigenvalue weighted by molar-refractivity contribution is 0.102. The van der Waals surface area contributed by atoms with Crippen LogP contribution in [0.4, 0.5) is 6.01 Å². The predicted molar refractivity (Wildman–Crippen MR) is 59.0 cm³/mol. The van der Waals surface area contributed by atoms with Crippen molar-refractivity contribution >= 4 is 11.9 Å². The van der Waals surface area contributed by atoms with Crippen LogP contribution in [0.1, 0.15) is 16.1 Å². The molecule has 0 aliphatic carbocycles. The van der Waals surface area contributed by atoms with Crippen LogP contribution >= 0.6 is 0 Å². The number of hydrogen-bond acceptors (Lipinski definition) is 5. The number of benzene rings is 1. The highest BCUT2D eigenvalue weighted by Gasteiger charge is 2.11. The molecule has 6 heteroatoms. The first-order valence-corrected chi connectivity index (χ1v) is 4.81. The Bertz CT molecular complexity index is 542. The quantitative estimate of drug-likeness (QED) is 0.734. The van der Waals surface area contributed by atoms with Crippen molar-refractivity contribution in [3.8, 4) is 11.5 Å². The predicted octanol–water partition coefficient (Wildman–Crippen LogP) is 1.65. The standard InChI is InChI=1S/C11H10N2O4/c1-6-5-17-11(12-6)13-10(16)7-2-8(14)4-9(15)3-7/h2-5,14-15H,1H3,(H,12,13,16). The van der Waals surface area contributed by atoms with Gasteiger partial charge in [-0.3, -0.25) is 10.1 Å². The number of carbonyl (C=O) groups is 1. The molecule has 1 aromatic carbocycles. The molecule has 88 valence electrons. The highest BCUT2D eigenvalue weighted by molar-refractivity contribution is 6.03. The van der Waals surface area contributed by atoms with E-state index in [1.54, 1.807) is 6.92 Å². The topological polar surface area (TPSA) is 95.6 Å². The van der Waals surface area contributed by atoms with Gasteiger partial charge < -0.3 is 14.6 Å². The molecule has 1 aromatic heterocycles. The van der Waals surface area contributed by atoms with Crippen molar-refractivity contribution in [1.82, 2.24) is 4.98 Å². The molecule has 2 rings (SSSR count). The van der Waals surface area contributed by atoms with Crippen molar-refractivity contribution in [3.05, 3.63) is 35.7 Å². The Kier molecular flexibility index (Phi) is 2.70. The first-order chi connectivity index (χ1) is 8.04. The fourth-order valence-electron chi connectivity index (χ4n) is 1.31. The van der Waals surface area contributed by atoms with Gasteiger partial charge in [-0.25, -0.2) is 0 Å². The lowest BCUT2D eigenvalue weighted by Gasteiger charge is -2.02. The number of aryl methyl sites for hydroxylation is 1. The van der Waals surface area contributed by atoms with E-state index < -0.39 is 5.91 Å². The molecule has 17 heavy (non-hydrogen) atoms. The third-order valence-electron chi connectivity index (χ3n) is 2.00. The Morgan fingerprint density at radius 2 is 1.94 bits per heavy atom. The van der Waals surface area contributed by atoms with Gasteiger partial charge in [0, 0.05) is 11.6 Å². The molecule has 0 atom stereocenters. The molecule has 0 saturated heterocycles. The molecule has 0 radical (unpaired) electrons. The Balaban J connectivity index is 2.19. The minimum atomic E-state index is -0.530. The lowest BCUT2D eigenvalue weighted by atomic mass is 10.2. The zero-order valence-electron chi connectivity index (χ0n) is 8.97. The van der Waals surface area contributed by atoms with Crippen LogP contribution in [0.25, 0.3) is 0 Å². The molecular weight excluding hydrogens is 224 g/mol. The number of amides is 1. The number of hydrogen-bond donors (Lipinski definition) is 3. The van der Waals surface area contributed by atoms with Gasteiger partial charge >= 0.3 is 6.01 Å². The lowest BCUT2D eigenvalue weighted by Crippen LogP contribution is -2.11. The summed E-state index contributed by atoms with van der Waals surface area (Å²) >= 11 is 0. The molecule has 0 aliphatic heterocycles. The highest BCUT2D eigenvalue weighted by atomic mass is 16.4. The highest BCUT2D eigenvalue weighted by Crippen LogP contribution is 2.21. The van der Waals surface area contributed by atoms with Crippen molar-refractivity contribution in [2.75, 3.05) is 5.32 Å². The molecule has 0 fully saturated rings. The summed E-state index contributed by atoms with van der Waals surface area (Å²) in [6, 6.07) is 3.65. The largest absolute Gasteiger partial charge is 0.508 e. The number of anilines is 1. The van der Waals surface area contributed by atoms with E-state index in [9.17, 15) is 15.0 Å². The van der Waals surface area contributed by atoms with Crippen LogP contribution in [0.3, 0.4) is 0 Å². The zero-order valence-corrected chi connectivity index (χ0v) is 8.97. The third kappa shape index (κ3) is 2.54. The SMILES string of the molecule is Cc1coc(NC(=O)c2cc(O)cc(O)c2)n1. The van der Waals surface area contributed by atoms with E-state index in [0.29, 0.717) is 5.69 Å². The maximum atomic E-state index is 11.7. The van der Waals surface area contributed by atoms with E-state index >= 15 is 0 Å². The van der Waals surface area contributed by atoms with Crippen LogP contribution in [0.2, 0.25) is 0 Å². The number of nitrogens with one attached hydrogen (secondary N) is 1. The summed E-state index contributed by atoms with van der Waals surface area (Å²) in [4.78, 5) is 15.6. The maximum Gasteiger partial charge on any atom is 0.301 e. The molecule has 1 heterocycles. The second-order valence-corrected chi connectivity index (χ2v) is 3.49. The van der Waals surface area contributed by atoms with Crippen LogP contribution < -0.4 is 5.32 Å². The van der Waals surface area contributed by atoms with Gasteiger partial charge in [-0.05, 0) is 19.1 Å². The van der Waals surface area contributed by atoms with Crippen molar-refractivity contribution in [2.45, 2.75) is 6.92 Å². The van der Waals surface area contributed by atoms with Gasteiger partial charge in [-0.2, -0.15) is 4.98 Å². The van der Waals surface area contributed by atoms with Gasteiger partial charge in [0.05, 0.1) is 5.69 Å². The molecule has 0 unspecified atom stereocenters. The number of oxazole rings is 1. The van der Waals surface area contributed by atoms with Crippen LogP contribution in [-0.4, -0.2) is 21.1 Å². The summed E-state index contributed by atoms with van der Waals surface area (Å²) in [6.45, 7) is 1.72. The van der Waals surface area contributed by atoms with E-state index in [2.05, 4.69) is 10.3 Å². The van der Waals surface area contributed by atoms with Crippen LogP contribution in [0.15, 0.2) is 28.9 Å². The molecular formula is C11H10N2O4. The smallest absolute Gasteiger partial charge is 0.301 e. The first kappa shape index (κ1) is 11.0. The van der Waals surface area contributed by atoms with Gasteiger partial charge in [0.25, 0.3) is 5.91 Å². The van der Waals surface area contributed by atoms with E-state index in [1.807, 2.05) is 0 Å². The Hall–Kier alpha value is -2.50. The van der Waals surface area contributed by atoms with Crippen LogP contribution in [0, 0.1) is 6.92 Å². The Labute approximate surface area is 96.5 Å². The van der Waals surface area contributed by atoms with Gasteiger partial charge in [0.2, 0.25) is 0 Å². The minimum Gasteiger partial charge on any atom is -0.508 e. The summed E-state index contributed by atoms with van der Waals surface area (Å²) in [5.41, 5.74) is 0.748. The molecule has 0 spiro atoms. The van der Waals surface area contributed by atoms with Crippen molar-refractivity contribution in [1.29, 1.82) is 0 Å². The van der Waals surface area contributed by atoms with Gasteiger partial charge in [-0.15, -0.1) is 0 Å². The average Bonchev–Trinajstić information content (AvgIpc) is 2.62. The molecule has 3 N–H and O–H groups in total. The number of rotatable bonds is 2. The first-order valence-electron chi connectivity index (χ1n) is 4.81. The number of carbonyl (C=O) groups excluding carboxylic acids is 1. The van der Waals surface area contributed by atoms with Crippen LogP contribution in [0.5, 0.6) is 11.5 Å². The third-order valence-corrected chi connectivity index (χ3v) is 2.00. The average molecular weight is 234 g/mol. The summed E-state index contributed by atoms with van der Waals surface area (Å²) < 4.78 is 4.95.